The molecule has 0 aliphatic rings. The lowest BCUT2D eigenvalue weighted by Crippen LogP contribution is -2.12. The third kappa shape index (κ3) is 3.98. The zero-order chi connectivity index (χ0) is 16.4. The lowest BCUT2D eigenvalue weighted by atomic mass is 10.2. The summed E-state index contributed by atoms with van der Waals surface area (Å²) in [5, 5.41) is 4.17. The van der Waals surface area contributed by atoms with Gasteiger partial charge in [-0.05, 0) is 45.8 Å². The SMILES string of the molecule is O=S(=O)(Nc1ccn(Cc2ccc(F)cc2)n1)c1ccc(Br)s1. The van der Waals surface area contributed by atoms with Crippen LogP contribution < -0.4 is 4.72 Å². The van der Waals surface area contributed by atoms with Crippen LogP contribution in [-0.2, 0) is 16.6 Å². The number of thiophene rings is 1. The summed E-state index contributed by atoms with van der Waals surface area (Å²) in [7, 11) is -3.64. The van der Waals surface area contributed by atoms with E-state index in [1.54, 1.807) is 35.1 Å². The highest BCUT2D eigenvalue weighted by atomic mass is 79.9. The fourth-order valence-electron chi connectivity index (χ4n) is 1.91. The third-order valence-electron chi connectivity index (χ3n) is 2.95. The number of hydrogen-bond donors (Lipinski definition) is 1. The number of aromatic nitrogens is 2. The molecule has 0 saturated heterocycles. The van der Waals surface area contributed by atoms with Gasteiger partial charge in [-0.15, -0.1) is 11.3 Å². The number of hydrogen-bond acceptors (Lipinski definition) is 4. The summed E-state index contributed by atoms with van der Waals surface area (Å²) < 4.78 is 42.2. The van der Waals surface area contributed by atoms with E-state index in [0.29, 0.717) is 6.54 Å². The summed E-state index contributed by atoms with van der Waals surface area (Å²) >= 11 is 4.36. The molecular weight excluding hydrogens is 405 g/mol. The van der Waals surface area contributed by atoms with Crippen LogP contribution in [0, 0.1) is 5.82 Å². The summed E-state index contributed by atoms with van der Waals surface area (Å²) in [6.45, 7) is 0.423. The summed E-state index contributed by atoms with van der Waals surface area (Å²) in [5.41, 5.74) is 0.867. The molecule has 3 rings (SSSR count). The Morgan fingerprint density at radius 1 is 1.17 bits per heavy atom. The second-order valence-electron chi connectivity index (χ2n) is 4.69. The van der Waals surface area contributed by atoms with Crippen LogP contribution in [0.3, 0.4) is 0 Å². The Bertz CT molecular complexity index is 920. The van der Waals surface area contributed by atoms with Gasteiger partial charge < -0.3 is 0 Å². The van der Waals surface area contributed by atoms with E-state index in [1.807, 2.05) is 0 Å². The van der Waals surface area contributed by atoms with Crippen LogP contribution in [0.2, 0.25) is 0 Å². The van der Waals surface area contributed by atoms with Crippen molar-refractivity contribution in [2.24, 2.45) is 0 Å². The molecule has 0 atom stereocenters. The largest absolute Gasteiger partial charge is 0.272 e. The van der Waals surface area contributed by atoms with Crippen molar-refractivity contribution in [3.05, 3.63) is 63.8 Å². The fourth-order valence-corrected chi connectivity index (χ4v) is 4.92. The Kier molecular flexibility index (Phi) is 4.51. The van der Waals surface area contributed by atoms with Crippen LogP contribution in [0.1, 0.15) is 5.56 Å². The van der Waals surface area contributed by atoms with Crippen LogP contribution >= 0.6 is 27.3 Å². The van der Waals surface area contributed by atoms with Gasteiger partial charge in [0.25, 0.3) is 10.0 Å². The summed E-state index contributed by atoms with van der Waals surface area (Å²) in [5.74, 6) is -0.0681. The Morgan fingerprint density at radius 2 is 1.91 bits per heavy atom. The molecule has 9 heteroatoms. The first-order valence-electron chi connectivity index (χ1n) is 6.48. The van der Waals surface area contributed by atoms with Crippen molar-refractivity contribution in [3.8, 4) is 0 Å². The highest BCUT2D eigenvalue weighted by Crippen LogP contribution is 2.27. The number of rotatable bonds is 5. The molecule has 0 aliphatic carbocycles. The second-order valence-corrected chi connectivity index (χ2v) is 9.06. The van der Waals surface area contributed by atoms with Crippen molar-refractivity contribution in [1.82, 2.24) is 9.78 Å². The summed E-state index contributed by atoms with van der Waals surface area (Å²) in [6, 6.07) is 10.8. The molecule has 2 heterocycles. The average Bonchev–Trinajstić information content (AvgIpc) is 3.11. The van der Waals surface area contributed by atoms with Gasteiger partial charge in [0.2, 0.25) is 0 Å². The Balaban J connectivity index is 1.73. The maximum atomic E-state index is 12.9. The zero-order valence-electron chi connectivity index (χ0n) is 11.6. The minimum absolute atomic E-state index is 0.206. The molecule has 0 saturated carbocycles. The molecule has 2 aromatic heterocycles. The predicted molar refractivity (Wildman–Crippen MR) is 90.6 cm³/mol. The van der Waals surface area contributed by atoms with Crippen LogP contribution in [0.5, 0.6) is 0 Å². The normalized spacial score (nSPS) is 11.6. The highest BCUT2D eigenvalue weighted by Gasteiger charge is 2.17. The van der Waals surface area contributed by atoms with E-state index in [0.717, 1.165) is 20.7 Å². The molecule has 0 spiro atoms. The van der Waals surface area contributed by atoms with E-state index >= 15 is 0 Å². The fraction of sp³-hybridized carbons (Fsp3) is 0.0714. The zero-order valence-corrected chi connectivity index (χ0v) is 14.8. The standard InChI is InChI=1S/C14H11BrFN3O2S2/c15-12-5-6-14(22-12)23(20,21)18-13-7-8-19(17-13)9-10-1-3-11(16)4-2-10/h1-8H,9H2,(H,17,18). The molecule has 5 nitrogen and oxygen atoms in total. The highest BCUT2D eigenvalue weighted by molar-refractivity contribution is 9.11. The van der Waals surface area contributed by atoms with Gasteiger partial charge in [-0.3, -0.25) is 9.40 Å². The first-order chi connectivity index (χ1) is 10.9. The first kappa shape index (κ1) is 16.2. The van der Waals surface area contributed by atoms with Gasteiger partial charge in [-0.25, -0.2) is 12.8 Å². The number of nitrogens with one attached hydrogen (secondary N) is 1. The first-order valence-corrected chi connectivity index (χ1v) is 9.58. The van der Waals surface area contributed by atoms with Gasteiger partial charge in [-0.1, -0.05) is 12.1 Å². The Morgan fingerprint density at radius 3 is 2.57 bits per heavy atom. The molecule has 23 heavy (non-hydrogen) atoms. The Hall–Kier alpha value is -1.71. The van der Waals surface area contributed by atoms with E-state index < -0.39 is 10.0 Å². The lowest BCUT2D eigenvalue weighted by Gasteiger charge is -2.03. The molecule has 0 unspecified atom stereocenters. The van der Waals surface area contributed by atoms with Gasteiger partial charge in [0.15, 0.2) is 5.82 Å². The molecule has 1 N–H and O–H groups in total. The smallest absolute Gasteiger partial charge is 0.266 e. The quantitative estimate of drug-likeness (QED) is 0.690. The second kappa shape index (κ2) is 6.42. The van der Waals surface area contributed by atoms with Crippen molar-refractivity contribution in [3.63, 3.8) is 0 Å². The molecule has 120 valence electrons. The van der Waals surface area contributed by atoms with Crippen molar-refractivity contribution >= 4 is 43.1 Å². The molecule has 1 aromatic carbocycles. The van der Waals surface area contributed by atoms with Gasteiger partial charge in [0.05, 0.1) is 10.3 Å². The molecule has 0 bridgehead atoms. The molecule has 0 aliphatic heterocycles. The van der Waals surface area contributed by atoms with Crippen LogP contribution in [-0.4, -0.2) is 18.2 Å². The van der Waals surface area contributed by atoms with Gasteiger partial charge in [-0.2, -0.15) is 5.10 Å². The van der Waals surface area contributed by atoms with Crippen LogP contribution in [0.15, 0.2) is 56.7 Å². The van der Waals surface area contributed by atoms with Gasteiger partial charge in [0, 0.05) is 12.3 Å². The number of anilines is 1. The molecule has 0 fully saturated rings. The van der Waals surface area contributed by atoms with Crippen LogP contribution in [0.4, 0.5) is 10.2 Å². The summed E-state index contributed by atoms with van der Waals surface area (Å²) in [6.07, 6.45) is 1.66. The van der Waals surface area contributed by atoms with E-state index in [9.17, 15) is 12.8 Å². The van der Waals surface area contributed by atoms with Crippen LogP contribution in [0.25, 0.3) is 0 Å². The van der Waals surface area contributed by atoms with Gasteiger partial charge >= 0.3 is 0 Å². The van der Waals surface area contributed by atoms with Gasteiger partial charge in [0.1, 0.15) is 10.0 Å². The number of halogens is 2. The minimum Gasteiger partial charge on any atom is -0.266 e. The maximum absolute atomic E-state index is 12.9. The molecule has 0 amide bonds. The monoisotopic (exact) mass is 415 g/mol. The minimum atomic E-state index is -3.64. The topological polar surface area (TPSA) is 64.0 Å². The van der Waals surface area contributed by atoms with Crippen molar-refractivity contribution in [2.75, 3.05) is 4.72 Å². The third-order valence-corrected chi connectivity index (χ3v) is 6.42. The van der Waals surface area contributed by atoms with E-state index in [2.05, 4.69) is 25.8 Å². The number of benzene rings is 1. The molecular formula is C14H11BrFN3O2S2. The van der Waals surface area contributed by atoms with E-state index in [4.69, 9.17) is 0 Å². The number of sulfonamides is 1. The number of nitrogens with zero attached hydrogens (tertiary/aromatic N) is 2. The predicted octanol–water partition coefficient (Wildman–Crippen LogP) is 3.70. The lowest BCUT2D eigenvalue weighted by molar-refractivity contribution is 0.602. The van der Waals surface area contributed by atoms with Crippen molar-refractivity contribution < 1.29 is 12.8 Å². The van der Waals surface area contributed by atoms with Crippen molar-refractivity contribution in [1.29, 1.82) is 0 Å². The van der Waals surface area contributed by atoms with E-state index in [1.165, 1.54) is 18.2 Å². The Labute approximate surface area is 145 Å². The molecule has 0 radical (unpaired) electrons. The average molecular weight is 416 g/mol. The molecule has 3 aromatic rings. The summed E-state index contributed by atoms with van der Waals surface area (Å²) in [4.78, 5) is 0. The van der Waals surface area contributed by atoms with Crippen molar-refractivity contribution in [2.45, 2.75) is 10.8 Å². The van der Waals surface area contributed by atoms with E-state index in [-0.39, 0.29) is 15.8 Å². The maximum Gasteiger partial charge on any atom is 0.272 e.